The molecule has 0 aromatic rings. The third kappa shape index (κ3) is 4.92. The van der Waals surface area contributed by atoms with Crippen LogP contribution in [-0.4, -0.2) is 63.5 Å². The Bertz CT molecular complexity index is 196. The van der Waals surface area contributed by atoms with Gasteiger partial charge in [0.2, 0.25) is 0 Å². The van der Waals surface area contributed by atoms with Crippen molar-refractivity contribution in [2.75, 3.05) is 53.1 Å². The molecule has 1 aliphatic rings. The summed E-state index contributed by atoms with van der Waals surface area (Å²) in [5.74, 6) is 0. The largest absolute Gasteiger partial charge is 0.382 e. The molecule has 0 aromatic heterocycles. The summed E-state index contributed by atoms with van der Waals surface area (Å²) in [6.07, 6.45) is 2.40. The third-order valence-electron chi connectivity index (χ3n) is 3.79. The maximum Gasteiger partial charge on any atom is 0.0700 e. The molecular formula is C13H28N2O2. The number of ether oxygens (including phenoxy) is 2. The first-order chi connectivity index (χ1) is 8.26. The van der Waals surface area contributed by atoms with Crippen LogP contribution in [0.3, 0.4) is 0 Å². The first-order valence-corrected chi connectivity index (χ1v) is 6.80. The van der Waals surface area contributed by atoms with Gasteiger partial charge in [0.25, 0.3) is 0 Å². The van der Waals surface area contributed by atoms with E-state index in [0.717, 1.165) is 32.8 Å². The predicted octanol–water partition coefficient (Wildman–Crippen LogP) is 1.11. The van der Waals surface area contributed by atoms with E-state index >= 15 is 0 Å². The quantitative estimate of drug-likeness (QED) is 0.649. The van der Waals surface area contributed by atoms with Crippen molar-refractivity contribution < 1.29 is 9.47 Å². The van der Waals surface area contributed by atoms with Gasteiger partial charge >= 0.3 is 0 Å². The lowest BCUT2D eigenvalue weighted by Crippen LogP contribution is -2.60. The van der Waals surface area contributed by atoms with Gasteiger partial charge in [-0.1, -0.05) is 13.8 Å². The number of hydrogen-bond donors (Lipinski definition) is 1. The number of nitrogens with one attached hydrogen (secondary N) is 1. The van der Waals surface area contributed by atoms with Gasteiger partial charge in [-0.2, -0.15) is 0 Å². The highest BCUT2D eigenvalue weighted by atomic mass is 16.5. The number of hydrogen-bond acceptors (Lipinski definition) is 4. The summed E-state index contributed by atoms with van der Waals surface area (Å²) >= 11 is 0. The monoisotopic (exact) mass is 244 g/mol. The van der Waals surface area contributed by atoms with Crippen LogP contribution in [0.4, 0.5) is 0 Å². The fraction of sp³-hybridized carbons (Fsp3) is 1.00. The van der Waals surface area contributed by atoms with E-state index in [1.54, 1.807) is 7.11 Å². The van der Waals surface area contributed by atoms with Crippen LogP contribution in [0.5, 0.6) is 0 Å². The first kappa shape index (κ1) is 14.9. The number of rotatable bonds is 8. The van der Waals surface area contributed by atoms with Crippen molar-refractivity contribution in [1.29, 1.82) is 0 Å². The van der Waals surface area contributed by atoms with Crippen LogP contribution in [-0.2, 0) is 9.47 Å². The van der Waals surface area contributed by atoms with E-state index in [0.29, 0.717) is 18.8 Å². The highest BCUT2D eigenvalue weighted by molar-refractivity contribution is 4.92. The number of methoxy groups -OCH3 is 1. The Morgan fingerprint density at radius 1 is 1.18 bits per heavy atom. The molecule has 0 amide bonds. The zero-order valence-corrected chi connectivity index (χ0v) is 11.6. The predicted molar refractivity (Wildman–Crippen MR) is 70.5 cm³/mol. The van der Waals surface area contributed by atoms with Crippen molar-refractivity contribution in [3.63, 3.8) is 0 Å². The summed E-state index contributed by atoms with van der Waals surface area (Å²) in [5, 5.41) is 3.67. The van der Waals surface area contributed by atoms with E-state index in [1.807, 2.05) is 0 Å². The van der Waals surface area contributed by atoms with Crippen LogP contribution >= 0.6 is 0 Å². The van der Waals surface area contributed by atoms with Crippen LogP contribution in [0.25, 0.3) is 0 Å². The summed E-state index contributed by atoms with van der Waals surface area (Å²) < 4.78 is 10.5. The van der Waals surface area contributed by atoms with Gasteiger partial charge in [-0.15, -0.1) is 0 Å². The third-order valence-corrected chi connectivity index (χ3v) is 3.79. The van der Waals surface area contributed by atoms with E-state index < -0.39 is 0 Å². The van der Waals surface area contributed by atoms with E-state index in [2.05, 4.69) is 24.1 Å². The topological polar surface area (TPSA) is 33.7 Å². The van der Waals surface area contributed by atoms with Crippen molar-refractivity contribution in [3.8, 4) is 0 Å². The molecule has 0 saturated carbocycles. The molecule has 102 valence electrons. The summed E-state index contributed by atoms with van der Waals surface area (Å²) in [4.78, 5) is 2.51. The molecule has 0 bridgehead atoms. The standard InChI is InChI=1S/C13H28N2O2/c1-4-13(5-2)12-15(7-6-14-13)8-9-17-11-10-16-3/h14H,4-12H2,1-3H3. The van der Waals surface area contributed by atoms with Gasteiger partial charge < -0.3 is 14.8 Å². The van der Waals surface area contributed by atoms with Crippen LogP contribution in [0.15, 0.2) is 0 Å². The molecule has 0 unspecified atom stereocenters. The van der Waals surface area contributed by atoms with Crippen molar-refractivity contribution in [3.05, 3.63) is 0 Å². The second-order valence-corrected chi connectivity index (χ2v) is 4.80. The van der Waals surface area contributed by atoms with Gasteiger partial charge in [0.05, 0.1) is 19.8 Å². The second-order valence-electron chi connectivity index (χ2n) is 4.80. The Labute approximate surface area is 106 Å². The average molecular weight is 244 g/mol. The molecule has 17 heavy (non-hydrogen) atoms. The zero-order valence-electron chi connectivity index (χ0n) is 11.6. The Morgan fingerprint density at radius 3 is 2.59 bits per heavy atom. The van der Waals surface area contributed by atoms with Crippen molar-refractivity contribution >= 4 is 0 Å². The molecule has 0 aromatic carbocycles. The van der Waals surface area contributed by atoms with E-state index in [9.17, 15) is 0 Å². The van der Waals surface area contributed by atoms with Gasteiger partial charge in [-0.25, -0.2) is 0 Å². The summed E-state index contributed by atoms with van der Waals surface area (Å²) in [6, 6.07) is 0. The highest BCUT2D eigenvalue weighted by Gasteiger charge is 2.31. The summed E-state index contributed by atoms with van der Waals surface area (Å²) in [5.41, 5.74) is 0.324. The van der Waals surface area contributed by atoms with E-state index in [4.69, 9.17) is 9.47 Å². The zero-order chi connectivity index (χ0) is 12.6. The molecule has 0 radical (unpaired) electrons. The molecular weight excluding hydrogens is 216 g/mol. The maximum atomic E-state index is 5.53. The first-order valence-electron chi connectivity index (χ1n) is 6.80. The summed E-state index contributed by atoms with van der Waals surface area (Å²) in [6.45, 7) is 11.2. The Kier molecular flexibility index (Phi) is 7.04. The second kappa shape index (κ2) is 8.03. The normalized spacial score (nSPS) is 20.6. The Balaban J connectivity index is 2.20. The minimum atomic E-state index is 0.324. The molecule has 1 aliphatic heterocycles. The molecule has 1 fully saturated rings. The fourth-order valence-electron chi connectivity index (χ4n) is 2.39. The molecule has 0 spiro atoms. The van der Waals surface area contributed by atoms with Gasteiger partial charge in [0.1, 0.15) is 0 Å². The van der Waals surface area contributed by atoms with E-state index in [1.165, 1.54) is 12.8 Å². The Morgan fingerprint density at radius 2 is 1.94 bits per heavy atom. The SMILES string of the molecule is CCC1(CC)CN(CCOCCOC)CCN1. The molecule has 4 nitrogen and oxygen atoms in total. The number of nitrogens with zero attached hydrogens (tertiary/aromatic N) is 1. The molecule has 1 heterocycles. The molecule has 0 atom stereocenters. The van der Waals surface area contributed by atoms with E-state index in [-0.39, 0.29) is 0 Å². The molecule has 1 saturated heterocycles. The van der Waals surface area contributed by atoms with Crippen molar-refractivity contribution in [2.24, 2.45) is 0 Å². The molecule has 1 rings (SSSR count). The Hall–Kier alpha value is -0.160. The van der Waals surface area contributed by atoms with Crippen molar-refractivity contribution in [1.82, 2.24) is 10.2 Å². The van der Waals surface area contributed by atoms with Crippen LogP contribution in [0, 0.1) is 0 Å². The van der Waals surface area contributed by atoms with Crippen LogP contribution in [0.1, 0.15) is 26.7 Å². The lowest BCUT2D eigenvalue weighted by molar-refractivity contribution is 0.0429. The van der Waals surface area contributed by atoms with Crippen LogP contribution < -0.4 is 5.32 Å². The van der Waals surface area contributed by atoms with Gasteiger partial charge in [-0.05, 0) is 12.8 Å². The van der Waals surface area contributed by atoms with Gasteiger partial charge in [0, 0.05) is 38.8 Å². The fourth-order valence-corrected chi connectivity index (χ4v) is 2.39. The van der Waals surface area contributed by atoms with Gasteiger partial charge in [0.15, 0.2) is 0 Å². The lowest BCUT2D eigenvalue weighted by atomic mass is 9.90. The maximum absolute atomic E-state index is 5.53. The molecule has 1 N–H and O–H groups in total. The molecule has 4 heteroatoms. The van der Waals surface area contributed by atoms with Gasteiger partial charge in [-0.3, -0.25) is 4.90 Å². The lowest BCUT2D eigenvalue weighted by Gasteiger charge is -2.43. The highest BCUT2D eigenvalue weighted by Crippen LogP contribution is 2.19. The average Bonchev–Trinajstić information content (AvgIpc) is 2.39. The number of piperazine rings is 1. The summed E-state index contributed by atoms with van der Waals surface area (Å²) in [7, 11) is 1.70. The van der Waals surface area contributed by atoms with Crippen LogP contribution in [0.2, 0.25) is 0 Å². The van der Waals surface area contributed by atoms with Crippen molar-refractivity contribution in [2.45, 2.75) is 32.2 Å². The minimum Gasteiger partial charge on any atom is -0.382 e. The minimum absolute atomic E-state index is 0.324. The smallest absolute Gasteiger partial charge is 0.0700 e. The molecule has 0 aliphatic carbocycles.